The summed E-state index contributed by atoms with van der Waals surface area (Å²) in [7, 11) is 0. The fourth-order valence-electron chi connectivity index (χ4n) is 2.86. The first kappa shape index (κ1) is 11.0. The van der Waals surface area contributed by atoms with E-state index in [4.69, 9.17) is 0 Å². The van der Waals surface area contributed by atoms with Gasteiger partial charge >= 0.3 is 0 Å². The van der Waals surface area contributed by atoms with Crippen molar-refractivity contribution >= 4 is 33.4 Å². The molecule has 1 aromatic rings. The highest BCUT2D eigenvalue weighted by Crippen LogP contribution is 2.41. The van der Waals surface area contributed by atoms with Crippen LogP contribution in [-0.4, -0.2) is 11.8 Å². The number of imide groups is 1. The largest absolute Gasteiger partial charge is 0.274 e. The number of amides is 2. The molecule has 2 fully saturated rings. The van der Waals surface area contributed by atoms with Crippen LogP contribution in [0.2, 0.25) is 0 Å². The molecule has 1 saturated heterocycles. The highest BCUT2D eigenvalue weighted by molar-refractivity contribution is 9.10. The monoisotopic (exact) mass is 293 g/mol. The molecule has 88 valence electrons. The average molecular weight is 294 g/mol. The molecule has 1 heterocycles. The second-order valence-corrected chi connectivity index (χ2v) is 5.55. The van der Waals surface area contributed by atoms with Crippen LogP contribution in [-0.2, 0) is 9.59 Å². The third-order valence-corrected chi connectivity index (χ3v) is 4.15. The molecule has 4 heteroatoms. The minimum absolute atomic E-state index is 0.0180. The van der Waals surface area contributed by atoms with E-state index in [-0.39, 0.29) is 23.7 Å². The van der Waals surface area contributed by atoms with Crippen molar-refractivity contribution in [3.05, 3.63) is 28.7 Å². The third kappa shape index (κ3) is 1.62. The Bertz CT molecular complexity index is 478. The first-order chi connectivity index (χ1) is 8.18. The topological polar surface area (TPSA) is 37.4 Å². The summed E-state index contributed by atoms with van der Waals surface area (Å²) in [6, 6.07) is 7.35. The van der Waals surface area contributed by atoms with Gasteiger partial charge in [0, 0.05) is 4.47 Å². The van der Waals surface area contributed by atoms with Crippen LogP contribution in [0.25, 0.3) is 0 Å². The van der Waals surface area contributed by atoms with Crippen molar-refractivity contribution in [2.45, 2.75) is 19.3 Å². The number of halogens is 1. The van der Waals surface area contributed by atoms with Gasteiger partial charge in [-0.1, -0.05) is 28.4 Å². The molecule has 17 heavy (non-hydrogen) atoms. The summed E-state index contributed by atoms with van der Waals surface area (Å²) < 4.78 is 0.882. The Balaban J connectivity index is 1.99. The van der Waals surface area contributed by atoms with E-state index in [1.807, 2.05) is 24.3 Å². The van der Waals surface area contributed by atoms with Gasteiger partial charge in [0.15, 0.2) is 0 Å². The summed E-state index contributed by atoms with van der Waals surface area (Å²) >= 11 is 3.36. The molecule has 1 saturated carbocycles. The van der Waals surface area contributed by atoms with E-state index in [0.717, 1.165) is 23.7 Å². The zero-order valence-electron chi connectivity index (χ0n) is 9.23. The molecule has 0 bridgehead atoms. The van der Waals surface area contributed by atoms with Gasteiger partial charge in [-0.2, -0.15) is 0 Å². The molecule has 0 aromatic heterocycles. The van der Waals surface area contributed by atoms with Gasteiger partial charge in [0.25, 0.3) is 0 Å². The minimum atomic E-state index is -0.0681. The smallest absolute Gasteiger partial charge is 0.237 e. The van der Waals surface area contributed by atoms with Gasteiger partial charge in [-0.25, -0.2) is 0 Å². The van der Waals surface area contributed by atoms with E-state index in [9.17, 15) is 9.59 Å². The van der Waals surface area contributed by atoms with E-state index in [2.05, 4.69) is 15.9 Å². The minimum Gasteiger partial charge on any atom is -0.274 e. The normalized spacial score (nSPS) is 27.7. The molecule has 0 N–H and O–H groups in total. The van der Waals surface area contributed by atoms with Crippen molar-refractivity contribution in [2.75, 3.05) is 4.90 Å². The maximum absolute atomic E-state index is 12.2. The van der Waals surface area contributed by atoms with Crippen LogP contribution in [0.15, 0.2) is 28.7 Å². The van der Waals surface area contributed by atoms with E-state index >= 15 is 0 Å². The number of nitrogens with zero attached hydrogens (tertiary/aromatic N) is 1. The Kier molecular flexibility index (Phi) is 2.54. The second-order valence-electron chi connectivity index (χ2n) is 4.64. The number of fused-ring (bicyclic) bond motifs is 1. The van der Waals surface area contributed by atoms with Crippen LogP contribution >= 0.6 is 15.9 Å². The Morgan fingerprint density at radius 2 is 1.76 bits per heavy atom. The number of carbonyl (C=O) groups excluding carboxylic acids is 2. The lowest BCUT2D eigenvalue weighted by molar-refractivity contribution is -0.122. The highest BCUT2D eigenvalue weighted by atomic mass is 79.9. The van der Waals surface area contributed by atoms with Crippen molar-refractivity contribution in [3.8, 4) is 0 Å². The van der Waals surface area contributed by atoms with E-state index in [0.29, 0.717) is 5.69 Å². The molecular weight excluding hydrogens is 282 g/mol. The molecule has 0 radical (unpaired) electrons. The Labute approximate surface area is 108 Å². The van der Waals surface area contributed by atoms with Gasteiger partial charge in [-0.3, -0.25) is 14.5 Å². The first-order valence-electron chi connectivity index (χ1n) is 5.82. The molecular formula is C13H12BrNO2. The first-order valence-corrected chi connectivity index (χ1v) is 6.61. The number of benzene rings is 1. The van der Waals surface area contributed by atoms with Crippen LogP contribution in [0.5, 0.6) is 0 Å². The summed E-state index contributed by atoms with van der Waals surface area (Å²) in [6.45, 7) is 0. The van der Waals surface area contributed by atoms with Gasteiger partial charge in [0.1, 0.15) is 0 Å². The van der Waals surface area contributed by atoms with E-state index in [1.165, 1.54) is 4.90 Å². The van der Waals surface area contributed by atoms with Crippen LogP contribution in [0, 0.1) is 11.8 Å². The molecule has 3 rings (SSSR count). The fourth-order valence-corrected chi connectivity index (χ4v) is 3.25. The predicted octanol–water partition coefficient (Wildman–Crippen LogP) is 2.74. The van der Waals surface area contributed by atoms with Crippen molar-refractivity contribution < 1.29 is 9.59 Å². The summed E-state index contributed by atoms with van der Waals surface area (Å²) in [5.41, 5.74) is 0.684. The van der Waals surface area contributed by atoms with Crippen LogP contribution in [0.4, 0.5) is 5.69 Å². The van der Waals surface area contributed by atoms with Crippen LogP contribution in [0.3, 0.4) is 0 Å². The SMILES string of the molecule is O=C1C2CCCC2C(=O)N1c1cccc(Br)c1. The van der Waals surface area contributed by atoms with E-state index in [1.54, 1.807) is 0 Å². The number of hydrogen-bond donors (Lipinski definition) is 0. The van der Waals surface area contributed by atoms with Crippen LogP contribution < -0.4 is 4.90 Å². The maximum Gasteiger partial charge on any atom is 0.237 e. The van der Waals surface area contributed by atoms with Gasteiger partial charge in [0.2, 0.25) is 11.8 Å². The van der Waals surface area contributed by atoms with Gasteiger partial charge in [-0.05, 0) is 31.0 Å². The zero-order chi connectivity index (χ0) is 12.0. The summed E-state index contributed by atoms with van der Waals surface area (Å²) in [6.07, 6.45) is 2.72. The lowest BCUT2D eigenvalue weighted by atomic mass is 10.00. The molecule has 2 aliphatic rings. The summed E-state index contributed by atoms with van der Waals surface area (Å²) in [5, 5.41) is 0. The number of rotatable bonds is 1. The quantitative estimate of drug-likeness (QED) is 0.747. The maximum atomic E-state index is 12.2. The number of anilines is 1. The number of carbonyl (C=O) groups is 2. The molecule has 1 aromatic carbocycles. The Hall–Kier alpha value is -1.16. The predicted molar refractivity (Wildman–Crippen MR) is 67.5 cm³/mol. The lowest BCUT2D eigenvalue weighted by Gasteiger charge is -2.15. The zero-order valence-corrected chi connectivity index (χ0v) is 10.8. The molecule has 1 aliphatic carbocycles. The van der Waals surface area contributed by atoms with Crippen LogP contribution in [0.1, 0.15) is 19.3 Å². The van der Waals surface area contributed by atoms with E-state index < -0.39 is 0 Å². The third-order valence-electron chi connectivity index (χ3n) is 3.66. The highest BCUT2D eigenvalue weighted by Gasteiger charge is 2.50. The van der Waals surface area contributed by atoms with Crippen molar-refractivity contribution in [3.63, 3.8) is 0 Å². The lowest BCUT2D eigenvalue weighted by Crippen LogP contribution is -2.31. The fraction of sp³-hybridized carbons (Fsp3) is 0.385. The molecule has 1 aliphatic heterocycles. The van der Waals surface area contributed by atoms with Crippen molar-refractivity contribution in [1.82, 2.24) is 0 Å². The van der Waals surface area contributed by atoms with Gasteiger partial charge in [-0.15, -0.1) is 0 Å². The molecule has 2 amide bonds. The standard InChI is InChI=1S/C13H12BrNO2/c14-8-3-1-4-9(7-8)15-12(16)10-5-2-6-11(10)13(15)17/h1,3-4,7,10-11H,2,5-6H2. The molecule has 2 atom stereocenters. The van der Waals surface area contributed by atoms with Gasteiger partial charge < -0.3 is 0 Å². The average Bonchev–Trinajstić information content (AvgIpc) is 2.84. The van der Waals surface area contributed by atoms with Gasteiger partial charge in [0.05, 0.1) is 17.5 Å². The Morgan fingerprint density at radius 1 is 1.12 bits per heavy atom. The molecule has 3 nitrogen and oxygen atoms in total. The summed E-state index contributed by atoms with van der Waals surface area (Å²) in [4.78, 5) is 25.8. The number of hydrogen-bond acceptors (Lipinski definition) is 2. The summed E-state index contributed by atoms with van der Waals surface area (Å²) in [5.74, 6) is -0.172. The Morgan fingerprint density at radius 3 is 2.35 bits per heavy atom. The van der Waals surface area contributed by atoms with Crippen molar-refractivity contribution in [2.24, 2.45) is 11.8 Å². The molecule has 2 unspecified atom stereocenters. The molecule has 0 spiro atoms. The van der Waals surface area contributed by atoms with Crippen molar-refractivity contribution in [1.29, 1.82) is 0 Å². The second kappa shape index (κ2) is 3.95.